The summed E-state index contributed by atoms with van der Waals surface area (Å²) < 4.78 is 58.5. The largest absolute Gasteiger partial charge is 0.490 e. The topological polar surface area (TPSA) is 253 Å². The molecule has 0 aliphatic carbocycles. The zero-order valence-corrected chi connectivity index (χ0v) is 21.2. The first-order valence-corrected chi connectivity index (χ1v) is 13.9. The van der Waals surface area contributed by atoms with Crippen molar-refractivity contribution in [2.75, 3.05) is 7.11 Å². The number of nitrogens with one attached hydrogen (secondary N) is 1. The number of H-pyrrole nitrogens is 1. The number of phosphoric acid groups is 3. The molecule has 1 saturated heterocycles. The van der Waals surface area contributed by atoms with Gasteiger partial charge in [0.25, 0.3) is 5.56 Å². The highest BCUT2D eigenvalue weighted by Gasteiger charge is 2.59. The molecule has 7 atom stereocenters. The number of nitrogens with zero attached hydrogens (tertiary/aromatic N) is 1. The molecule has 2 heterocycles. The Morgan fingerprint density at radius 1 is 1.17 bits per heavy atom. The van der Waals surface area contributed by atoms with Crippen LogP contribution >= 0.6 is 23.5 Å². The minimum atomic E-state index is -5.78. The fourth-order valence-corrected chi connectivity index (χ4v) is 6.66. The first kappa shape index (κ1) is 29.8. The molecule has 0 radical (unpaired) electrons. The predicted octanol–water partition coefficient (Wildman–Crippen LogP) is -0.756. The lowest BCUT2D eigenvalue weighted by molar-refractivity contribution is -0.0878. The molecule has 1 aromatic rings. The number of aromatic nitrogens is 2. The SMILES string of the molecule is CC#CC1(O)[C@@H](OC)[C@@H]([C@H](C)OP(=O)(O)OP(=O)(O)OP(=O)(O)O)O[C@H]1n1c(C)cc(=O)[nH]c1=O. The van der Waals surface area contributed by atoms with E-state index in [2.05, 4.69) is 20.5 Å². The predicted molar refractivity (Wildman–Crippen MR) is 114 cm³/mol. The van der Waals surface area contributed by atoms with Crippen LogP contribution in [0.5, 0.6) is 0 Å². The fraction of sp³-hybridized carbons (Fsp3) is 0.600. The number of phosphoric ester groups is 1. The molecule has 1 aromatic heterocycles. The number of methoxy groups -OCH3 is 1. The molecule has 0 spiro atoms. The third kappa shape index (κ3) is 7.06. The van der Waals surface area contributed by atoms with E-state index in [1.165, 1.54) is 13.8 Å². The fourth-order valence-electron chi connectivity index (χ4n) is 3.46. The van der Waals surface area contributed by atoms with Crippen LogP contribution in [0.4, 0.5) is 0 Å². The molecule has 3 unspecified atom stereocenters. The molecular weight excluding hydrogens is 541 g/mol. The summed E-state index contributed by atoms with van der Waals surface area (Å²) >= 11 is 0. The van der Waals surface area contributed by atoms with E-state index >= 15 is 0 Å². The molecule has 1 aliphatic rings. The Balaban J connectivity index is 2.43. The molecule has 1 fully saturated rings. The van der Waals surface area contributed by atoms with E-state index < -0.39 is 64.9 Å². The van der Waals surface area contributed by atoms with Gasteiger partial charge in [0.05, 0.1) is 6.10 Å². The molecule has 17 nitrogen and oxygen atoms in total. The summed E-state index contributed by atoms with van der Waals surface area (Å²) in [5.74, 6) is 4.89. The third-order valence-electron chi connectivity index (χ3n) is 4.56. The van der Waals surface area contributed by atoms with Gasteiger partial charge in [0, 0.05) is 18.9 Å². The monoisotopic (exact) mass is 564 g/mol. The highest BCUT2D eigenvalue weighted by molar-refractivity contribution is 7.66. The van der Waals surface area contributed by atoms with Gasteiger partial charge in [-0.15, -0.1) is 5.92 Å². The van der Waals surface area contributed by atoms with Gasteiger partial charge in [-0.25, -0.2) is 18.5 Å². The Hall–Kier alpha value is -1.47. The minimum absolute atomic E-state index is 0.0520. The van der Waals surface area contributed by atoms with Gasteiger partial charge in [-0.2, -0.15) is 8.62 Å². The van der Waals surface area contributed by atoms with E-state index in [0.717, 1.165) is 24.7 Å². The van der Waals surface area contributed by atoms with Crippen molar-refractivity contribution in [3.8, 4) is 11.8 Å². The number of hydrogen-bond donors (Lipinski definition) is 6. The average Bonchev–Trinajstić information content (AvgIpc) is 2.90. The highest BCUT2D eigenvalue weighted by Crippen LogP contribution is 2.66. The molecule has 20 heteroatoms. The van der Waals surface area contributed by atoms with Crippen LogP contribution in [-0.4, -0.2) is 65.3 Å². The summed E-state index contributed by atoms with van der Waals surface area (Å²) in [5, 5.41) is 11.3. The van der Waals surface area contributed by atoms with Crippen LogP contribution in [-0.2, 0) is 36.3 Å². The quantitative estimate of drug-likeness (QED) is 0.159. The van der Waals surface area contributed by atoms with Gasteiger partial charge in [0.15, 0.2) is 11.8 Å². The molecule has 2 rings (SSSR count). The lowest BCUT2D eigenvalue weighted by atomic mass is 9.92. The molecule has 0 saturated carbocycles. The standard InChI is InChI=1S/C15H23N2O15P3/c1-5-6-15(20)12(28-4)11(29-13(15)17-8(2)7-10(18)16-14(17)19)9(3)30-34(24,25)32-35(26,27)31-33(21,22)23/h7,9,11-13,20H,1-4H3,(H,24,25)(H,26,27)(H,16,18,19)(H2,21,22,23)/t9-,11+,12-,13+,15?/m0/s1. The van der Waals surface area contributed by atoms with Crippen molar-refractivity contribution >= 4 is 23.5 Å². The van der Waals surface area contributed by atoms with E-state index in [1.807, 2.05) is 4.98 Å². The summed E-state index contributed by atoms with van der Waals surface area (Å²) in [6, 6.07) is 1.04. The van der Waals surface area contributed by atoms with E-state index in [4.69, 9.17) is 23.8 Å². The lowest BCUT2D eigenvalue weighted by Gasteiger charge is -2.30. The summed E-state index contributed by atoms with van der Waals surface area (Å²) in [6.45, 7) is 3.82. The molecule has 0 aromatic carbocycles. The maximum atomic E-state index is 12.5. The molecule has 0 bridgehead atoms. The normalized spacial score (nSPS) is 29.0. The minimum Gasteiger partial charge on any atom is -0.374 e. The van der Waals surface area contributed by atoms with Crippen LogP contribution < -0.4 is 11.2 Å². The molecule has 35 heavy (non-hydrogen) atoms. The van der Waals surface area contributed by atoms with E-state index in [-0.39, 0.29) is 5.69 Å². The van der Waals surface area contributed by atoms with Crippen LogP contribution in [0.15, 0.2) is 15.7 Å². The second-order valence-corrected chi connectivity index (χ2v) is 11.5. The summed E-state index contributed by atoms with van der Waals surface area (Å²) in [4.78, 5) is 62.4. The van der Waals surface area contributed by atoms with Gasteiger partial charge >= 0.3 is 29.2 Å². The number of aryl methyl sites for hydroxylation is 1. The van der Waals surface area contributed by atoms with Crippen molar-refractivity contribution in [2.45, 2.75) is 50.9 Å². The first-order valence-electron chi connectivity index (χ1n) is 9.35. The summed E-state index contributed by atoms with van der Waals surface area (Å²) in [7, 11) is -15.8. The van der Waals surface area contributed by atoms with Crippen LogP contribution in [0.1, 0.15) is 25.8 Å². The Kier molecular flexibility index (Phi) is 8.92. The van der Waals surface area contributed by atoms with Gasteiger partial charge in [-0.3, -0.25) is 18.9 Å². The number of hydrogen-bond acceptors (Lipinski definition) is 11. The third-order valence-corrected chi connectivity index (χ3v) is 8.48. The van der Waals surface area contributed by atoms with Gasteiger partial charge in [0.1, 0.15) is 12.2 Å². The summed E-state index contributed by atoms with van der Waals surface area (Å²) in [5.41, 5.74) is -3.94. The lowest BCUT2D eigenvalue weighted by Crippen LogP contribution is -2.50. The average molecular weight is 564 g/mol. The molecular formula is C15H23N2O15P3. The second-order valence-electron chi connectivity index (χ2n) is 7.16. The van der Waals surface area contributed by atoms with Gasteiger partial charge in [0.2, 0.25) is 0 Å². The molecule has 0 amide bonds. The van der Waals surface area contributed by atoms with Crippen LogP contribution in [0.3, 0.4) is 0 Å². The maximum absolute atomic E-state index is 12.5. The summed E-state index contributed by atoms with van der Waals surface area (Å²) in [6.07, 6.45) is -6.22. The number of rotatable bonds is 9. The van der Waals surface area contributed by atoms with Crippen molar-refractivity contribution in [2.24, 2.45) is 0 Å². The molecule has 6 N–H and O–H groups in total. The van der Waals surface area contributed by atoms with Crippen molar-refractivity contribution < 1.29 is 61.0 Å². The first-order chi connectivity index (χ1) is 15.9. The molecule has 198 valence electrons. The maximum Gasteiger partial charge on any atom is 0.490 e. The van der Waals surface area contributed by atoms with Crippen LogP contribution in [0.2, 0.25) is 0 Å². The van der Waals surface area contributed by atoms with Crippen molar-refractivity contribution in [3.05, 3.63) is 32.6 Å². The Bertz CT molecular complexity index is 1270. The van der Waals surface area contributed by atoms with Crippen molar-refractivity contribution in [3.63, 3.8) is 0 Å². The van der Waals surface area contributed by atoms with Gasteiger partial charge < -0.3 is 34.2 Å². The smallest absolute Gasteiger partial charge is 0.374 e. The number of ether oxygens (including phenoxy) is 2. The highest BCUT2D eigenvalue weighted by atomic mass is 31.3. The number of aromatic amines is 1. The van der Waals surface area contributed by atoms with E-state index in [0.29, 0.717) is 0 Å². The molecule has 1 aliphatic heterocycles. The Morgan fingerprint density at radius 3 is 2.26 bits per heavy atom. The van der Waals surface area contributed by atoms with Crippen LogP contribution in [0, 0.1) is 18.8 Å². The zero-order chi connectivity index (χ0) is 27.0. The van der Waals surface area contributed by atoms with E-state index in [9.17, 15) is 38.2 Å². The van der Waals surface area contributed by atoms with Crippen molar-refractivity contribution in [1.82, 2.24) is 9.55 Å². The zero-order valence-electron chi connectivity index (χ0n) is 18.5. The van der Waals surface area contributed by atoms with Crippen LogP contribution in [0.25, 0.3) is 0 Å². The van der Waals surface area contributed by atoms with Gasteiger partial charge in [-0.1, -0.05) is 5.92 Å². The van der Waals surface area contributed by atoms with E-state index in [1.54, 1.807) is 0 Å². The Labute approximate surface area is 197 Å². The number of aliphatic hydroxyl groups is 1. The second kappa shape index (κ2) is 10.5. The van der Waals surface area contributed by atoms with Gasteiger partial charge in [-0.05, 0) is 20.8 Å². The van der Waals surface area contributed by atoms with Crippen molar-refractivity contribution in [1.29, 1.82) is 0 Å². The Morgan fingerprint density at radius 2 is 1.77 bits per heavy atom.